The van der Waals surface area contributed by atoms with Gasteiger partial charge in [-0.2, -0.15) is 0 Å². The van der Waals surface area contributed by atoms with Gasteiger partial charge in [0.05, 0.1) is 7.11 Å². The first-order valence-corrected chi connectivity index (χ1v) is 11.0. The third-order valence-corrected chi connectivity index (χ3v) is 5.80. The predicted octanol–water partition coefficient (Wildman–Crippen LogP) is 4.06. The van der Waals surface area contributed by atoms with Crippen molar-refractivity contribution in [2.45, 2.75) is 31.2 Å². The summed E-state index contributed by atoms with van der Waals surface area (Å²) in [6.45, 7) is 3.39. The minimum Gasteiger partial charge on any atom is -0.497 e. The van der Waals surface area contributed by atoms with E-state index in [4.69, 9.17) is 9.72 Å². The summed E-state index contributed by atoms with van der Waals surface area (Å²) in [6.07, 6.45) is 5.04. The molecular weight excluding hydrogens is 380 g/mol. The standard InChI is InChI=1S/C23H26N4OS/c1-28-21-9-7-17(8-10-21)13-24-14-20-15-25-23(29-2)26-22(20)27-12-11-18-5-3-4-6-19(18)16-27/h3-10,15,24H,11-14,16H2,1-2H3. The van der Waals surface area contributed by atoms with E-state index in [-0.39, 0.29) is 0 Å². The molecule has 4 rings (SSSR count). The molecule has 0 aliphatic carbocycles. The molecule has 0 saturated carbocycles. The van der Waals surface area contributed by atoms with E-state index in [0.29, 0.717) is 0 Å². The van der Waals surface area contributed by atoms with Crippen molar-refractivity contribution >= 4 is 17.6 Å². The molecule has 1 aliphatic heterocycles. The number of nitrogens with zero attached hydrogens (tertiary/aromatic N) is 3. The van der Waals surface area contributed by atoms with Gasteiger partial charge in [0.15, 0.2) is 5.16 Å². The molecule has 0 fully saturated rings. The van der Waals surface area contributed by atoms with Crippen molar-refractivity contribution in [3.8, 4) is 5.75 Å². The zero-order valence-corrected chi connectivity index (χ0v) is 17.7. The Morgan fingerprint density at radius 3 is 2.62 bits per heavy atom. The molecule has 0 unspecified atom stereocenters. The Bertz CT molecular complexity index is 961. The summed E-state index contributed by atoms with van der Waals surface area (Å²) in [6, 6.07) is 16.8. The molecule has 0 atom stereocenters. The second-order valence-corrected chi connectivity index (χ2v) is 7.87. The molecule has 29 heavy (non-hydrogen) atoms. The van der Waals surface area contributed by atoms with Gasteiger partial charge in [0.2, 0.25) is 0 Å². The Hall–Kier alpha value is -2.57. The summed E-state index contributed by atoms with van der Waals surface area (Å²) in [4.78, 5) is 11.8. The van der Waals surface area contributed by atoms with Crippen LogP contribution in [0.5, 0.6) is 5.75 Å². The van der Waals surface area contributed by atoms with Crippen LogP contribution >= 0.6 is 11.8 Å². The minimum atomic E-state index is 0.730. The van der Waals surface area contributed by atoms with Gasteiger partial charge in [-0.15, -0.1) is 0 Å². The van der Waals surface area contributed by atoms with Crippen LogP contribution in [0.25, 0.3) is 0 Å². The maximum atomic E-state index is 5.23. The van der Waals surface area contributed by atoms with Gasteiger partial charge < -0.3 is 15.0 Å². The highest BCUT2D eigenvalue weighted by molar-refractivity contribution is 7.98. The van der Waals surface area contributed by atoms with Crippen molar-refractivity contribution < 1.29 is 4.74 Å². The van der Waals surface area contributed by atoms with Crippen molar-refractivity contribution in [3.05, 3.63) is 77.0 Å². The SMILES string of the molecule is COc1ccc(CNCc2cnc(SC)nc2N2CCc3ccccc3C2)cc1. The average Bonchev–Trinajstić information content (AvgIpc) is 2.79. The summed E-state index contributed by atoms with van der Waals surface area (Å²) < 4.78 is 5.23. The monoisotopic (exact) mass is 406 g/mol. The molecule has 5 nitrogen and oxygen atoms in total. The van der Waals surface area contributed by atoms with Crippen molar-refractivity contribution in [2.24, 2.45) is 0 Å². The average molecular weight is 407 g/mol. The van der Waals surface area contributed by atoms with Gasteiger partial charge in [0.1, 0.15) is 11.6 Å². The summed E-state index contributed by atoms with van der Waals surface area (Å²) in [5, 5.41) is 4.35. The number of ether oxygens (including phenoxy) is 1. The highest BCUT2D eigenvalue weighted by atomic mass is 32.2. The van der Waals surface area contributed by atoms with Crippen molar-refractivity contribution in [1.82, 2.24) is 15.3 Å². The normalized spacial score (nSPS) is 13.2. The highest BCUT2D eigenvalue weighted by Crippen LogP contribution is 2.27. The quantitative estimate of drug-likeness (QED) is 0.472. The topological polar surface area (TPSA) is 50.3 Å². The summed E-state index contributed by atoms with van der Waals surface area (Å²) in [5.41, 5.74) is 5.19. The van der Waals surface area contributed by atoms with Crippen LogP contribution in [-0.2, 0) is 26.1 Å². The van der Waals surface area contributed by atoms with Crippen LogP contribution in [0.2, 0.25) is 0 Å². The third-order valence-electron chi connectivity index (χ3n) is 5.24. The fraction of sp³-hybridized carbons (Fsp3) is 0.304. The van der Waals surface area contributed by atoms with Gasteiger partial charge in [0, 0.05) is 37.9 Å². The van der Waals surface area contributed by atoms with Crippen LogP contribution in [0.4, 0.5) is 5.82 Å². The molecule has 0 bridgehead atoms. The summed E-state index contributed by atoms with van der Waals surface area (Å²) in [5.74, 6) is 1.92. The molecule has 6 heteroatoms. The largest absolute Gasteiger partial charge is 0.497 e. The molecule has 0 radical (unpaired) electrons. The first kappa shape index (κ1) is 19.7. The second-order valence-electron chi connectivity index (χ2n) is 7.10. The number of benzene rings is 2. The lowest BCUT2D eigenvalue weighted by atomic mass is 10.00. The lowest BCUT2D eigenvalue weighted by Crippen LogP contribution is -2.32. The van der Waals surface area contributed by atoms with E-state index in [1.54, 1.807) is 18.9 Å². The van der Waals surface area contributed by atoms with E-state index in [0.717, 1.165) is 54.9 Å². The number of anilines is 1. The molecule has 0 amide bonds. The van der Waals surface area contributed by atoms with E-state index >= 15 is 0 Å². The highest BCUT2D eigenvalue weighted by Gasteiger charge is 2.20. The first-order chi connectivity index (χ1) is 14.3. The lowest BCUT2D eigenvalue weighted by molar-refractivity contribution is 0.414. The van der Waals surface area contributed by atoms with Crippen LogP contribution in [-0.4, -0.2) is 29.9 Å². The molecular formula is C23H26N4OS. The van der Waals surface area contributed by atoms with Crippen molar-refractivity contribution in [3.63, 3.8) is 0 Å². The number of hydrogen-bond donors (Lipinski definition) is 1. The Morgan fingerprint density at radius 1 is 1.07 bits per heavy atom. The molecule has 2 heterocycles. The van der Waals surface area contributed by atoms with Crippen LogP contribution < -0.4 is 15.0 Å². The molecule has 0 saturated heterocycles. The molecule has 0 spiro atoms. The number of thioether (sulfide) groups is 1. The molecule has 3 aromatic rings. The maximum Gasteiger partial charge on any atom is 0.189 e. The third kappa shape index (κ3) is 4.71. The summed E-state index contributed by atoms with van der Waals surface area (Å²) >= 11 is 1.58. The van der Waals surface area contributed by atoms with Gasteiger partial charge in [-0.3, -0.25) is 0 Å². The van der Waals surface area contributed by atoms with E-state index in [1.807, 2.05) is 24.6 Å². The Kier molecular flexibility index (Phi) is 6.32. The van der Waals surface area contributed by atoms with Gasteiger partial charge in [-0.1, -0.05) is 48.2 Å². The van der Waals surface area contributed by atoms with Crippen LogP contribution in [0.3, 0.4) is 0 Å². The fourth-order valence-electron chi connectivity index (χ4n) is 3.64. The van der Waals surface area contributed by atoms with Crippen molar-refractivity contribution in [1.29, 1.82) is 0 Å². The van der Waals surface area contributed by atoms with Gasteiger partial charge in [-0.25, -0.2) is 9.97 Å². The molecule has 1 aliphatic rings. The predicted molar refractivity (Wildman–Crippen MR) is 119 cm³/mol. The van der Waals surface area contributed by atoms with E-state index in [9.17, 15) is 0 Å². The molecule has 1 aromatic heterocycles. The van der Waals surface area contributed by atoms with Gasteiger partial charge in [-0.05, 0) is 41.5 Å². The van der Waals surface area contributed by atoms with Crippen LogP contribution in [0.15, 0.2) is 59.9 Å². The second kappa shape index (κ2) is 9.29. The Labute approximate surface area is 176 Å². The van der Waals surface area contributed by atoms with Crippen LogP contribution in [0, 0.1) is 0 Å². The molecule has 2 aromatic carbocycles. The smallest absolute Gasteiger partial charge is 0.189 e. The lowest BCUT2D eigenvalue weighted by Gasteiger charge is -2.31. The number of rotatable bonds is 7. The molecule has 150 valence electrons. The van der Waals surface area contributed by atoms with Crippen LogP contribution in [0.1, 0.15) is 22.3 Å². The maximum absolute atomic E-state index is 5.23. The summed E-state index contributed by atoms with van der Waals surface area (Å²) in [7, 11) is 1.69. The van der Waals surface area contributed by atoms with Crippen molar-refractivity contribution in [2.75, 3.05) is 24.8 Å². The molecule has 1 N–H and O–H groups in total. The number of hydrogen-bond acceptors (Lipinski definition) is 6. The number of aromatic nitrogens is 2. The van der Waals surface area contributed by atoms with E-state index in [1.165, 1.54) is 16.7 Å². The van der Waals surface area contributed by atoms with Gasteiger partial charge >= 0.3 is 0 Å². The van der Waals surface area contributed by atoms with Gasteiger partial charge in [0.25, 0.3) is 0 Å². The van der Waals surface area contributed by atoms with E-state index < -0.39 is 0 Å². The minimum absolute atomic E-state index is 0.730. The van der Waals surface area contributed by atoms with E-state index in [2.05, 4.69) is 51.6 Å². The number of methoxy groups -OCH3 is 1. The Balaban J connectivity index is 1.48. The fourth-order valence-corrected chi connectivity index (χ4v) is 3.98. The number of fused-ring (bicyclic) bond motifs is 1. The first-order valence-electron chi connectivity index (χ1n) is 9.82. The number of nitrogens with one attached hydrogen (secondary N) is 1. The zero-order chi connectivity index (χ0) is 20.1. The Morgan fingerprint density at radius 2 is 1.86 bits per heavy atom. The zero-order valence-electron chi connectivity index (χ0n) is 16.9.